The molecule has 0 radical (unpaired) electrons. The molecule has 2 fully saturated rings. The highest BCUT2D eigenvalue weighted by Gasteiger charge is 2.23. The molecule has 3 rings (SSSR count). The number of aromatic nitrogens is 1. The zero-order valence-corrected chi connectivity index (χ0v) is 11.9. The lowest BCUT2D eigenvalue weighted by Gasteiger charge is -2.22. The van der Waals surface area contributed by atoms with Crippen molar-refractivity contribution in [2.24, 2.45) is 5.92 Å². The molecule has 0 bridgehead atoms. The smallest absolute Gasteiger partial charge is 0.140 e. The van der Waals surface area contributed by atoms with Gasteiger partial charge in [-0.25, -0.2) is 0 Å². The maximum absolute atomic E-state index is 5.58. The molecule has 1 aromatic rings. The second kappa shape index (κ2) is 6.56. The van der Waals surface area contributed by atoms with E-state index in [1.165, 1.54) is 69.2 Å². The summed E-state index contributed by atoms with van der Waals surface area (Å²) in [5.74, 6) is 2.63. The van der Waals surface area contributed by atoms with Gasteiger partial charge in [0.25, 0.3) is 0 Å². The monoisotopic (exact) mass is 262 g/mol. The third-order valence-electron chi connectivity index (χ3n) is 4.84. The number of hydrogen-bond donors (Lipinski definition) is 1. The van der Waals surface area contributed by atoms with E-state index in [4.69, 9.17) is 4.52 Å². The first-order valence-corrected chi connectivity index (χ1v) is 8.07. The van der Waals surface area contributed by atoms with Crippen molar-refractivity contribution in [3.63, 3.8) is 0 Å². The number of rotatable bonds is 3. The summed E-state index contributed by atoms with van der Waals surface area (Å²) in [5.41, 5.74) is 1.42. The Kier molecular flexibility index (Phi) is 4.54. The summed E-state index contributed by atoms with van der Waals surface area (Å²) in [6, 6.07) is 0. The molecular formula is C16H26N2O. The first-order chi connectivity index (χ1) is 9.43. The second-order valence-electron chi connectivity index (χ2n) is 6.31. The Morgan fingerprint density at radius 3 is 2.68 bits per heavy atom. The summed E-state index contributed by atoms with van der Waals surface area (Å²) >= 11 is 0. The molecule has 19 heavy (non-hydrogen) atoms. The van der Waals surface area contributed by atoms with Crippen LogP contribution in [-0.2, 0) is 6.42 Å². The summed E-state index contributed by atoms with van der Waals surface area (Å²) in [5, 5.41) is 7.59. The van der Waals surface area contributed by atoms with Crippen molar-refractivity contribution in [1.29, 1.82) is 0 Å². The van der Waals surface area contributed by atoms with Gasteiger partial charge in [0.05, 0.1) is 6.20 Å². The van der Waals surface area contributed by atoms with Crippen molar-refractivity contribution in [1.82, 2.24) is 10.5 Å². The van der Waals surface area contributed by atoms with Gasteiger partial charge in [-0.3, -0.25) is 0 Å². The van der Waals surface area contributed by atoms with Gasteiger partial charge in [-0.15, -0.1) is 0 Å². The molecule has 1 N–H and O–H groups in total. The van der Waals surface area contributed by atoms with E-state index in [0.29, 0.717) is 5.92 Å². The van der Waals surface area contributed by atoms with Gasteiger partial charge < -0.3 is 9.84 Å². The van der Waals surface area contributed by atoms with Crippen molar-refractivity contribution >= 4 is 0 Å². The molecule has 0 aromatic carbocycles. The minimum Gasteiger partial charge on any atom is -0.361 e. The highest BCUT2D eigenvalue weighted by atomic mass is 16.5. The van der Waals surface area contributed by atoms with Gasteiger partial charge in [-0.1, -0.05) is 30.8 Å². The topological polar surface area (TPSA) is 38.1 Å². The van der Waals surface area contributed by atoms with E-state index < -0.39 is 0 Å². The molecule has 106 valence electrons. The molecule has 1 aliphatic heterocycles. The third kappa shape index (κ3) is 3.38. The predicted octanol–water partition coefficient (Wildman–Crippen LogP) is 3.65. The largest absolute Gasteiger partial charge is 0.361 e. The van der Waals surface area contributed by atoms with E-state index in [-0.39, 0.29) is 0 Å². The molecule has 3 nitrogen and oxygen atoms in total. The summed E-state index contributed by atoms with van der Waals surface area (Å²) in [4.78, 5) is 0. The fraction of sp³-hybridized carbons (Fsp3) is 0.812. The maximum atomic E-state index is 5.58. The molecule has 1 unspecified atom stereocenters. The van der Waals surface area contributed by atoms with Crippen molar-refractivity contribution in [3.05, 3.63) is 17.5 Å². The van der Waals surface area contributed by atoms with Crippen LogP contribution in [0.15, 0.2) is 10.7 Å². The van der Waals surface area contributed by atoms with Crippen LogP contribution >= 0.6 is 0 Å². The van der Waals surface area contributed by atoms with E-state index in [1.54, 1.807) is 0 Å². The number of piperidine rings is 1. The number of nitrogens with zero attached hydrogens (tertiary/aromatic N) is 1. The highest BCUT2D eigenvalue weighted by Crippen LogP contribution is 2.34. The molecule has 1 aromatic heterocycles. The number of hydrogen-bond acceptors (Lipinski definition) is 3. The van der Waals surface area contributed by atoms with Crippen molar-refractivity contribution < 1.29 is 4.52 Å². The molecule has 2 heterocycles. The average molecular weight is 262 g/mol. The van der Waals surface area contributed by atoms with E-state index in [1.807, 2.05) is 6.20 Å². The summed E-state index contributed by atoms with van der Waals surface area (Å²) < 4.78 is 5.58. The van der Waals surface area contributed by atoms with Gasteiger partial charge in [0.2, 0.25) is 0 Å². The van der Waals surface area contributed by atoms with Crippen molar-refractivity contribution in [2.45, 2.75) is 63.7 Å². The Hall–Kier alpha value is -0.830. The number of nitrogens with one attached hydrogen (secondary N) is 1. The third-order valence-corrected chi connectivity index (χ3v) is 4.84. The molecule has 1 saturated carbocycles. The van der Waals surface area contributed by atoms with Crippen molar-refractivity contribution in [3.8, 4) is 0 Å². The molecule has 1 atom stereocenters. The second-order valence-corrected chi connectivity index (χ2v) is 6.31. The zero-order chi connectivity index (χ0) is 12.9. The minimum absolute atomic E-state index is 0.709. The maximum Gasteiger partial charge on any atom is 0.140 e. The van der Waals surface area contributed by atoms with E-state index >= 15 is 0 Å². The lowest BCUT2D eigenvalue weighted by Crippen LogP contribution is -2.31. The van der Waals surface area contributed by atoms with Gasteiger partial charge in [0, 0.05) is 12.0 Å². The summed E-state index contributed by atoms with van der Waals surface area (Å²) in [6.45, 7) is 2.33. The molecule has 3 heteroatoms. The molecule has 1 aliphatic carbocycles. The van der Waals surface area contributed by atoms with Crippen molar-refractivity contribution in [2.75, 3.05) is 13.1 Å². The van der Waals surface area contributed by atoms with E-state index in [9.17, 15) is 0 Å². The molecule has 0 amide bonds. The van der Waals surface area contributed by atoms with E-state index in [0.717, 1.165) is 18.9 Å². The van der Waals surface area contributed by atoms with Gasteiger partial charge in [0.1, 0.15) is 5.76 Å². The Labute approximate surface area is 116 Å². The van der Waals surface area contributed by atoms with Crippen LogP contribution in [0.1, 0.15) is 68.6 Å². The molecule has 1 saturated heterocycles. The van der Waals surface area contributed by atoms with Gasteiger partial charge in [-0.05, 0) is 50.6 Å². The molecule has 0 spiro atoms. The van der Waals surface area contributed by atoms with E-state index in [2.05, 4.69) is 10.5 Å². The normalized spacial score (nSPS) is 26.2. The van der Waals surface area contributed by atoms with Crippen LogP contribution in [-0.4, -0.2) is 18.2 Å². The van der Waals surface area contributed by atoms with Gasteiger partial charge in [0.15, 0.2) is 0 Å². The first kappa shape index (κ1) is 13.2. The minimum atomic E-state index is 0.709. The fourth-order valence-corrected chi connectivity index (χ4v) is 3.71. The Morgan fingerprint density at radius 2 is 1.95 bits per heavy atom. The summed E-state index contributed by atoms with van der Waals surface area (Å²) in [7, 11) is 0. The summed E-state index contributed by atoms with van der Waals surface area (Å²) in [6.07, 6.45) is 13.9. The zero-order valence-electron chi connectivity index (χ0n) is 11.9. The lowest BCUT2D eigenvalue weighted by molar-refractivity contribution is 0.318. The Balaban J connectivity index is 1.66. The van der Waals surface area contributed by atoms with Crippen LogP contribution in [0.4, 0.5) is 0 Å². The van der Waals surface area contributed by atoms with Crippen LogP contribution in [0.5, 0.6) is 0 Å². The highest BCUT2D eigenvalue weighted by molar-refractivity contribution is 5.20. The first-order valence-electron chi connectivity index (χ1n) is 8.07. The van der Waals surface area contributed by atoms with Crippen LogP contribution in [0.2, 0.25) is 0 Å². The fourth-order valence-electron chi connectivity index (χ4n) is 3.71. The predicted molar refractivity (Wildman–Crippen MR) is 76.2 cm³/mol. The standard InChI is InChI=1S/C16H26N2O/c1-2-4-8-14(7-3-1)15-12-18-19-16(15)10-13-6-5-9-17-11-13/h12-14,17H,1-11H2. The van der Waals surface area contributed by atoms with Crippen LogP contribution < -0.4 is 5.32 Å². The van der Waals surface area contributed by atoms with Gasteiger partial charge in [-0.2, -0.15) is 0 Å². The average Bonchev–Trinajstić information content (AvgIpc) is 2.74. The van der Waals surface area contributed by atoms with Crippen LogP contribution in [0, 0.1) is 5.92 Å². The van der Waals surface area contributed by atoms with Gasteiger partial charge >= 0.3 is 0 Å². The molecule has 2 aliphatic rings. The quantitative estimate of drug-likeness (QED) is 0.845. The van der Waals surface area contributed by atoms with Crippen LogP contribution in [0.3, 0.4) is 0 Å². The Bertz CT molecular complexity index is 374. The molecular weight excluding hydrogens is 236 g/mol. The lowest BCUT2D eigenvalue weighted by atomic mass is 9.88. The Morgan fingerprint density at radius 1 is 1.11 bits per heavy atom. The van der Waals surface area contributed by atoms with Crippen LogP contribution in [0.25, 0.3) is 0 Å². The SMILES string of the molecule is c1noc(CC2CCCNC2)c1C1CCCCCC1.